The summed E-state index contributed by atoms with van der Waals surface area (Å²) in [6, 6.07) is 24.2. The molecule has 1 aliphatic rings. The van der Waals surface area contributed by atoms with Crippen LogP contribution in [-0.4, -0.2) is 49.1 Å². The Morgan fingerprint density at radius 3 is 2.08 bits per heavy atom. The smallest absolute Gasteiger partial charge is 0.355 e. The average molecular weight is 581 g/mol. The Morgan fingerprint density at radius 2 is 1.48 bits per heavy atom. The van der Waals surface area contributed by atoms with Crippen molar-refractivity contribution in [3.05, 3.63) is 108 Å². The van der Waals surface area contributed by atoms with Crippen molar-refractivity contribution in [1.82, 2.24) is 10.2 Å². The number of para-hydroxylation sites is 1. The highest BCUT2D eigenvalue weighted by Gasteiger charge is 2.54. The van der Waals surface area contributed by atoms with Gasteiger partial charge in [-0.05, 0) is 49.2 Å². The number of amides is 2. The molecule has 2 amide bonds. The van der Waals surface area contributed by atoms with Gasteiger partial charge in [0.05, 0.1) is 4.90 Å². The second-order valence-corrected chi connectivity index (χ2v) is 13.0. The molecule has 40 heavy (non-hydrogen) atoms. The van der Waals surface area contributed by atoms with Crippen LogP contribution in [-0.2, 0) is 34.6 Å². The molecular weight excluding hydrogens is 552 g/mol. The molecule has 0 radical (unpaired) electrons. The minimum atomic E-state index is -3.98. The number of hydrogen-bond donors (Lipinski definition) is 1. The maximum absolute atomic E-state index is 13.3. The van der Waals surface area contributed by atoms with Crippen LogP contribution in [0, 0.1) is 0 Å². The summed E-state index contributed by atoms with van der Waals surface area (Å²) in [5, 5.41) is 1.43. The Kier molecular flexibility index (Phi) is 9.28. The third kappa shape index (κ3) is 6.91. The standard InChI is InChI=1S/C29H28N2O7S2/c1-20(2)26(29(34)38-18-21-12-6-3-7-13-21)31-27(33)25(30-24(32)19-37-22-14-8-4-9-15-22)28(31)39-40(35,36)23-16-10-5-11-17-23/h3-17,25,28H,18-19H2,1-2H3,(H,30,32). The van der Waals surface area contributed by atoms with Crippen molar-refractivity contribution < 1.29 is 32.3 Å². The van der Waals surface area contributed by atoms with E-state index in [2.05, 4.69) is 5.32 Å². The number of β-lactam (4-membered cyclic amide) rings is 1. The lowest BCUT2D eigenvalue weighted by molar-refractivity contribution is -0.153. The summed E-state index contributed by atoms with van der Waals surface area (Å²) in [4.78, 5) is 40.3. The lowest BCUT2D eigenvalue weighted by atomic mass is 10.0. The van der Waals surface area contributed by atoms with E-state index < -0.39 is 38.1 Å². The molecule has 2 atom stereocenters. The first kappa shape index (κ1) is 28.9. The van der Waals surface area contributed by atoms with E-state index in [9.17, 15) is 22.8 Å². The minimum absolute atomic E-state index is 0.0298. The first-order valence-corrected chi connectivity index (χ1v) is 15.2. The minimum Gasteiger partial charge on any atom is -0.484 e. The van der Waals surface area contributed by atoms with E-state index >= 15 is 0 Å². The molecule has 9 nitrogen and oxygen atoms in total. The fourth-order valence-electron chi connectivity index (χ4n) is 3.92. The molecule has 0 saturated carbocycles. The van der Waals surface area contributed by atoms with Gasteiger partial charge < -0.3 is 14.8 Å². The van der Waals surface area contributed by atoms with Gasteiger partial charge in [0.2, 0.25) is 8.87 Å². The number of carbonyl (C=O) groups excluding carboxylic acids is 3. The Bertz CT molecular complexity index is 1490. The molecule has 2 unspecified atom stereocenters. The topological polar surface area (TPSA) is 119 Å². The van der Waals surface area contributed by atoms with Crippen LogP contribution in [0.1, 0.15) is 19.4 Å². The van der Waals surface area contributed by atoms with Crippen molar-refractivity contribution in [2.24, 2.45) is 0 Å². The van der Waals surface area contributed by atoms with E-state index in [-0.39, 0.29) is 23.8 Å². The fraction of sp³-hybridized carbons (Fsp3) is 0.207. The molecule has 1 aliphatic heterocycles. The predicted octanol–water partition coefficient (Wildman–Crippen LogP) is 3.88. The molecule has 3 aromatic rings. The molecule has 1 saturated heterocycles. The Labute approximate surface area is 236 Å². The van der Waals surface area contributed by atoms with Gasteiger partial charge in [-0.3, -0.25) is 14.5 Å². The molecule has 208 valence electrons. The number of likely N-dealkylation sites (tertiary alicyclic amines) is 1. The first-order valence-electron chi connectivity index (χ1n) is 12.3. The zero-order chi connectivity index (χ0) is 28.7. The summed E-state index contributed by atoms with van der Waals surface area (Å²) in [6.45, 7) is 2.83. The van der Waals surface area contributed by atoms with E-state index in [0.717, 1.165) is 10.5 Å². The van der Waals surface area contributed by atoms with E-state index in [0.29, 0.717) is 22.1 Å². The lowest BCUT2D eigenvalue weighted by Gasteiger charge is -2.46. The van der Waals surface area contributed by atoms with E-state index in [1.54, 1.807) is 86.6 Å². The largest absolute Gasteiger partial charge is 0.484 e. The zero-order valence-electron chi connectivity index (χ0n) is 21.9. The van der Waals surface area contributed by atoms with Crippen LogP contribution in [0.4, 0.5) is 0 Å². The van der Waals surface area contributed by atoms with Crippen LogP contribution in [0.5, 0.6) is 5.75 Å². The number of benzene rings is 3. The highest BCUT2D eigenvalue weighted by Crippen LogP contribution is 2.40. The molecule has 0 aliphatic carbocycles. The van der Waals surface area contributed by atoms with Crippen molar-refractivity contribution in [2.75, 3.05) is 6.61 Å². The van der Waals surface area contributed by atoms with Gasteiger partial charge in [-0.25, -0.2) is 13.2 Å². The van der Waals surface area contributed by atoms with Gasteiger partial charge in [0.1, 0.15) is 29.5 Å². The summed E-state index contributed by atoms with van der Waals surface area (Å²) in [6.07, 6.45) is 0. The van der Waals surface area contributed by atoms with Crippen LogP contribution in [0.15, 0.2) is 107 Å². The Hall–Kier alpha value is -4.09. The van der Waals surface area contributed by atoms with Crippen LogP contribution in [0.2, 0.25) is 0 Å². The first-order chi connectivity index (χ1) is 19.2. The van der Waals surface area contributed by atoms with Gasteiger partial charge in [-0.2, -0.15) is 0 Å². The highest BCUT2D eigenvalue weighted by molar-refractivity contribution is 8.72. The average Bonchev–Trinajstić information content (AvgIpc) is 2.97. The fourth-order valence-corrected chi connectivity index (χ4v) is 7.41. The van der Waals surface area contributed by atoms with Crippen molar-refractivity contribution in [3.63, 3.8) is 0 Å². The normalized spacial score (nSPS) is 16.4. The molecular formula is C29H28N2O7S2. The van der Waals surface area contributed by atoms with E-state index in [1.165, 1.54) is 12.1 Å². The number of carbonyl (C=O) groups is 3. The number of allylic oxidation sites excluding steroid dienone is 1. The van der Waals surface area contributed by atoms with Gasteiger partial charge in [0.15, 0.2) is 6.61 Å². The number of nitrogens with zero attached hydrogens (tertiary/aromatic N) is 1. The van der Waals surface area contributed by atoms with Crippen LogP contribution in [0.25, 0.3) is 0 Å². The van der Waals surface area contributed by atoms with Gasteiger partial charge in [-0.1, -0.05) is 66.7 Å². The van der Waals surface area contributed by atoms with Crippen molar-refractivity contribution in [1.29, 1.82) is 0 Å². The monoisotopic (exact) mass is 580 g/mol. The second-order valence-electron chi connectivity index (χ2n) is 9.02. The number of ether oxygens (including phenoxy) is 2. The van der Waals surface area contributed by atoms with Crippen molar-refractivity contribution >= 4 is 37.4 Å². The predicted molar refractivity (Wildman–Crippen MR) is 150 cm³/mol. The molecule has 0 bridgehead atoms. The molecule has 4 rings (SSSR count). The molecule has 0 aromatic heterocycles. The van der Waals surface area contributed by atoms with Gasteiger partial charge in [-0.15, -0.1) is 0 Å². The molecule has 3 aromatic carbocycles. The van der Waals surface area contributed by atoms with Gasteiger partial charge >= 0.3 is 5.97 Å². The van der Waals surface area contributed by atoms with Crippen LogP contribution in [0.3, 0.4) is 0 Å². The summed E-state index contributed by atoms with van der Waals surface area (Å²) >= 11 is 0. The third-order valence-corrected chi connectivity index (χ3v) is 9.56. The quantitative estimate of drug-likeness (QED) is 0.157. The van der Waals surface area contributed by atoms with E-state index in [4.69, 9.17) is 9.47 Å². The Balaban J connectivity index is 1.55. The summed E-state index contributed by atoms with van der Waals surface area (Å²) in [7, 11) is -3.50. The number of rotatable bonds is 11. The summed E-state index contributed by atoms with van der Waals surface area (Å²) in [5.41, 5.74) is 1.12. The maximum atomic E-state index is 13.3. The number of esters is 1. The van der Waals surface area contributed by atoms with E-state index in [1.807, 2.05) is 6.07 Å². The number of hydrogen-bond acceptors (Lipinski definition) is 8. The zero-order valence-corrected chi connectivity index (χ0v) is 23.5. The lowest BCUT2D eigenvalue weighted by Crippen LogP contribution is -2.70. The second kappa shape index (κ2) is 12.8. The molecule has 0 spiro atoms. The molecule has 1 fully saturated rings. The molecule has 1 heterocycles. The SMILES string of the molecule is CC(C)=C(C(=O)OCc1ccccc1)N1C(=O)C(NC(=O)COc2ccccc2)C1SS(=O)(=O)c1ccccc1. The van der Waals surface area contributed by atoms with Gasteiger partial charge in [0.25, 0.3) is 11.8 Å². The highest BCUT2D eigenvalue weighted by atomic mass is 33.1. The number of nitrogens with one attached hydrogen (secondary N) is 1. The molecule has 11 heteroatoms. The summed E-state index contributed by atoms with van der Waals surface area (Å²) < 4.78 is 37.4. The Morgan fingerprint density at radius 1 is 0.900 bits per heavy atom. The maximum Gasteiger partial charge on any atom is 0.355 e. The van der Waals surface area contributed by atoms with Gasteiger partial charge in [0, 0.05) is 10.8 Å². The third-order valence-electron chi connectivity index (χ3n) is 5.85. The van der Waals surface area contributed by atoms with Crippen LogP contribution < -0.4 is 10.1 Å². The van der Waals surface area contributed by atoms with Crippen molar-refractivity contribution in [2.45, 2.75) is 36.8 Å². The summed E-state index contributed by atoms with van der Waals surface area (Å²) in [5.74, 6) is -1.57. The van der Waals surface area contributed by atoms with Crippen molar-refractivity contribution in [3.8, 4) is 5.75 Å². The van der Waals surface area contributed by atoms with Crippen LogP contribution >= 0.6 is 10.8 Å². The molecule has 1 N–H and O–H groups in total.